The lowest BCUT2D eigenvalue weighted by atomic mass is 10.0. The monoisotopic (exact) mass is 487 g/mol. The number of ether oxygens (including phenoxy) is 1. The van der Waals surface area contributed by atoms with Gasteiger partial charge in [-0.25, -0.2) is 18.1 Å². The molecule has 0 aliphatic heterocycles. The maximum Gasteiger partial charge on any atom is 0.244 e. The molecule has 9 heteroatoms. The minimum absolute atomic E-state index is 0.0182. The van der Waals surface area contributed by atoms with E-state index in [9.17, 15) is 13.2 Å². The molecule has 0 atom stereocenters. The second-order valence-electron chi connectivity index (χ2n) is 7.61. The van der Waals surface area contributed by atoms with Crippen molar-refractivity contribution in [2.24, 2.45) is 0 Å². The number of sulfonamides is 1. The molecule has 0 unspecified atom stereocenters. The first-order chi connectivity index (χ1) is 15.8. The third kappa shape index (κ3) is 5.98. The number of aromatic nitrogens is 1. The zero-order valence-corrected chi connectivity index (χ0v) is 20.9. The Kier molecular flexibility index (Phi) is 8.23. The molecule has 0 aliphatic rings. The van der Waals surface area contributed by atoms with Crippen LogP contribution in [0.1, 0.15) is 45.4 Å². The van der Waals surface area contributed by atoms with Crippen molar-refractivity contribution in [3.8, 4) is 5.75 Å². The predicted octanol–water partition coefficient (Wildman–Crippen LogP) is 4.34. The zero-order chi connectivity index (χ0) is 24.0. The first-order valence-corrected chi connectivity index (χ1v) is 13.0. The molecule has 2 aromatic carbocycles. The molecule has 0 bridgehead atoms. The van der Waals surface area contributed by atoms with Crippen LogP contribution in [0, 0.1) is 13.8 Å². The summed E-state index contributed by atoms with van der Waals surface area (Å²) in [6.45, 7) is 6.46. The molecule has 1 heterocycles. The molecule has 1 aromatic heterocycles. The van der Waals surface area contributed by atoms with Gasteiger partial charge in [0.2, 0.25) is 15.8 Å². The van der Waals surface area contributed by atoms with Crippen molar-refractivity contribution in [3.05, 3.63) is 69.7 Å². The summed E-state index contributed by atoms with van der Waals surface area (Å²) in [5, 5.41) is 3.84. The molecule has 176 valence electrons. The van der Waals surface area contributed by atoms with Gasteiger partial charge in [0, 0.05) is 18.7 Å². The number of nitrogens with zero attached hydrogens (tertiary/aromatic N) is 1. The molecule has 0 aliphatic carbocycles. The number of carbonyl (C=O) groups excluding carboxylic acids is 1. The predicted molar refractivity (Wildman–Crippen MR) is 132 cm³/mol. The Bertz CT molecular complexity index is 1240. The van der Waals surface area contributed by atoms with Crippen LogP contribution in [-0.2, 0) is 16.4 Å². The Morgan fingerprint density at radius 2 is 1.88 bits per heavy atom. The van der Waals surface area contributed by atoms with E-state index in [0.29, 0.717) is 40.0 Å². The van der Waals surface area contributed by atoms with E-state index < -0.39 is 10.0 Å². The van der Waals surface area contributed by atoms with Crippen LogP contribution in [0.3, 0.4) is 0 Å². The average molecular weight is 488 g/mol. The summed E-state index contributed by atoms with van der Waals surface area (Å²) >= 11 is 1.32. The number of methoxy groups -OCH3 is 1. The van der Waals surface area contributed by atoms with E-state index in [2.05, 4.69) is 15.0 Å². The summed E-state index contributed by atoms with van der Waals surface area (Å²) in [5.41, 5.74) is 3.25. The number of carbonyl (C=O) groups is 1. The maximum atomic E-state index is 13.0. The van der Waals surface area contributed by atoms with E-state index >= 15 is 0 Å². The number of anilines is 1. The molecule has 33 heavy (non-hydrogen) atoms. The number of benzene rings is 2. The molecule has 3 rings (SSSR count). The van der Waals surface area contributed by atoms with Crippen LogP contribution in [0.15, 0.2) is 47.4 Å². The quantitative estimate of drug-likeness (QED) is 0.308. The molecule has 0 radical (unpaired) electrons. The van der Waals surface area contributed by atoms with Gasteiger partial charge in [-0.15, -0.1) is 0 Å². The molecule has 7 nitrogen and oxygen atoms in total. The fraction of sp³-hybridized carbons (Fsp3) is 0.333. The molecule has 0 saturated heterocycles. The first kappa shape index (κ1) is 24.9. The van der Waals surface area contributed by atoms with Gasteiger partial charge >= 0.3 is 0 Å². The van der Waals surface area contributed by atoms with Crippen molar-refractivity contribution in [3.63, 3.8) is 0 Å². The number of hydrogen-bond acceptors (Lipinski definition) is 7. The van der Waals surface area contributed by atoms with Crippen LogP contribution in [0.4, 0.5) is 5.13 Å². The number of aryl methyl sites for hydroxylation is 3. The summed E-state index contributed by atoms with van der Waals surface area (Å²) in [6.07, 6.45) is 1.34. The highest BCUT2D eigenvalue weighted by Crippen LogP contribution is 2.27. The zero-order valence-electron chi connectivity index (χ0n) is 19.3. The van der Waals surface area contributed by atoms with E-state index in [1.807, 2.05) is 45.0 Å². The Labute approximate surface area is 199 Å². The second kappa shape index (κ2) is 10.9. The minimum atomic E-state index is -3.68. The van der Waals surface area contributed by atoms with Gasteiger partial charge in [0.25, 0.3) is 0 Å². The molecule has 0 fully saturated rings. The van der Waals surface area contributed by atoms with Crippen molar-refractivity contribution in [2.75, 3.05) is 25.5 Å². The largest absolute Gasteiger partial charge is 0.495 e. The molecule has 0 amide bonds. The van der Waals surface area contributed by atoms with Crippen LogP contribution in [0.25, 0.3) is 0 Å². The highest BCUT2D eigenvalue weighted by Gasteiger charge is 2.20. The number of ketones is 1. The van der Waals surface area contributed by atoms with Crippen LogP contribution < -0.4 is 14.8 Å². The van der Waals surface area contributed by atoms with Gasteiger partial charge in [-0.05, 0) is 49.9 Å². The first-order valence-electron chi connectivity index (χ1n) is 10.7. The SMILES string of the molecule is CCc1ccccc1C(=O)c1sc(NCCCNS(=O)(=O)c2cc(C)ccc2OC)nc1C. The number of rotatable bonds is 11. The summed E-state index contributed by atoms with van der Waals surface area (Å²) in [5.74, 6) is 0.293. The number of nitrogens with one attached hydrogen (secondary N) is 2. The summed E-state index contributed by atoms with van der Waals surface area (Å²) in [4.78, 5) is 18.2. The normalized spacial score (nSPS) is 11.4. The molecular weight excluding hydrogens is 458 g/mol. The van der Waals surface area contributed by atoms with Gasteiger partial charge in [0.1, 0.15) is 10.6 Å². The van der Waals surface area contributed by atoms with Crippen molar-refractivity contribution >= 4 is 32.3 Å². The standard InChI is InChI=1S/C24H29N3O4S2/c1-5-18-9-6-7-10-19(18)22(28)23-17(3)27-24(32-23)25-13-8-14-26-33(29,30)21-15-16(2)11-12-20(21)31-4/h6-7,9-12,15,26H,5,8,13-14H2,1-4H3,(H,25,27). The smallest absolute Gasteiger partial charge is 0.244 e. The van der Waals surface area contributed by atoms with Crippen LogP contribution in [-0.4, -0.2) is 39.4 Å². The van der Waals surface area contributed by atoms with Crippen LogP contribution in [0.5, 0.6) is 5.75 Å². The topological polar surface area (TPSA) is 97.4 Å². The Morgan fingerprint density at radius 3 is 2.61 bits per heavy atom. The third-order valence-corrected chi connectivity index (χ3v) is 7.77. The summed E-state index contributed by atoms with van der Waals surface area (Å²) < 4.78 is 33.1. The van der Waals surface area contributed by atoms with E-state index in [-0.39, 0.29) is 17.2 Å². The van der Waals surface area contributed by atoms with E-state index in [1.54, 1.807) is 18.2 Å². The van der Waals surface area contributed by atoms with Crippen LogP contribution in [0.2, 0.25) is 0 Å². The van der Waals surface area contributed by atoms with Gasteiger partial charge in [-0.2, -0.15) is 0 Å². The molecular formula is C24H29N3O4S2. The van der Waals surface area contributed by atoms with E-state index in [1.165, 1.54) is 18.4 Å². The summed E-state index contributed by atoms with van der Waals surface area (Å²) in [7, 11) is -2.23. The van der Waals surface area contributed by atoms with Gasteiger partial charge in [0.15, 0.2) is 5.13 Å². The lowest BCUT2D eigenvalue weighted by Crippen LogP contribution is -2.26. The average Bonchev–Trinajstić information content (AvgIpc) is 3.18. The van der Waals surface area contributed by atoms with Crippen molar-refractivity contribution in [1.82, 2.24) is 9.71 Å². The fourth-order valence-electron chi connectivity index (χ4n) is 3.42. The van der Waals surface area contributed by atoms with Crippen molar-refractivity contribution in [1.29, 1.82) is 0 Å². The van der Waals surface area contributed by atoms with E-state index in [0.717, 1.165) is 17.5 Å². The number of hydrogen-bond donors (Lipinski definition) is 2. The number of thiazole rings is 1. The summed E-state index contributed by atoms with van der Waals surface area (Å²) in [6, 6.07) is 12.7. The van der Waals surface area contributed by atoms with Crippen molar-refractivity contribution in [2.45, 2.75) is 38.5 Å². The molecule has 0 spiro atoms. The molecule has 0 saturated carbocycles. The highest BCUT2D eigenvalue weighted by molar-refractivity contribution is 7.89. The van der Waals surface area contributed by atoms with Gasteiger partial charge in [-0.1, -0.05) is 48.6 Å². The maximum absolute atomic E-state index is 13.0. The van der Waals surface area contributed by atoms with Gasteiger partial charge in [0.05, 0.1) is 17.7 Å². The third-order valence-electron chi connectivity index (χ3n) is 5.18. The van der Waals surface area contributed by atoms with Crippen LogP contribution >= 0.6 is 11.3 Å². The van der Waals surface area contributed by atoms with Crippen molar-refractivity contribution < 1.29 is 17.9 Å². The fourth-order valence-corrected chi connectivity index (χ4v) is 5.69. The van der Waals surface area contributed by atoms with E-state index in [4.69, 9.17) is 4.74 Å². The lowest BCUT2D eigenvalue weighted by Gasteiger charge is -2.11. The van der Waals surface area contributed by atoms with Gasteiger partial charge < -0.3 is 10.1 Å². The second-order valence-corrected chi connectivity index (χ2v) is 10.3. The molecule has 2 N–H and O–H groups in total. The lowest BCUT2D eigenvalue weighted by molar-refractivity contribution is 0.104. The highest BCUT2D eigenvalue weighted by atomic mass is 32.2. The molecule has 3 aromatic rings. The minimum Gasteiger partial charge on any atom is -0.495 e. The van der Waals surface area contributed by atoms with Gasteiger partial charge in [-0.3, -0.25) is 4.79 Å². The Morgan fingerprint density at radius 1 is 1.12 bits per heavy atom. The Hall–Kier alpha value is -2.75. The Balaban J connectivity index is 1.57.